The molecule has 4 saturated heterocycles. The SMILES string of the molecule is COc1ccc(Cl)cc1C(=O)N1CCC(N2CC3CC(C2)[C@H]2CCCC(=O)N2C3)CC1. The van der Waals surface area contributed by atoms with Crippen molar-refractivity contribution in [2.24, 2.45) is 11.8 Å². The largest absolute Gasteiger partial charge is 0.496 e. The van der Waals surface area contributed by atoms with Crippen LogP contribution in [0.15, 0.2) is 18.2 Å². The van der Waals surface area contributed by atoms with Crippen LogP contribution in [-0.4, -0.2) is 78.4 Å². The Morgan fingerprint density at radius 3 is 2.71 bits per heavy atom. The third-order valence-electron chi connectivity index (χ3n) is 7.87. The minimum Gasteiger partial charge on any atom is -0.496 e. The number of hydrogen-bond donors (Lipinski definition) is 0. The van der Waals surface area contributed by atoms with E-state index in [1.54, 1.807) is 25.3 Å². The van der Waals surface area contributed by atoms with Crippen molar-refractivity contribution in [2.75, 3.05) is 39.8 Å². The normalized spacial score (nSPS) is 29.6. The molecule has 4 aliphatic heterocycles. The highest BCUT2D eigenvalue weighted by Crippen LogP contribution is 2.39. The molecule has 5 rings (SSSR count). The number of ether oxygens (including phenoxy) is 1. The first-order valence-corrected chi connectivity index (χ1v) is 12.1. The van der Waals surface area contributed by atoms with Crippen molar-refractivity contribution in [3.63, 3.8) is 0 Å². The van der Waals surface area contributed by atoms with E-state index in [0.29, 0.717) is 46.2 Å². The van der Waals surface area contributed by atoms with Crippen LogP contribution in [0.2, 0.25) is 5.02 Å². The topological polar surface area (TPSA) is 53.1 Å². The van der Waals surface area contributed by atoms with Gasteiger partial charge in [-0.15, -0.1) is 0 Å². The summed E-state index contributed by atoms with van der Waals surface area (Å²) in [5.41, 5.74) is 0.544. The fourth-order valence-corrected chi connectivity index (χ4v) is 6.57. The van der Waals surface area contributed by atoms with Crippen LogP contribution in [0.1, 0.15) is 48.9 Å². The molecule has 2 bridgehead atoms. The summed E-state index contributed by atoms with van der Waals surface area (Å²) in [7, 11) is 1.58. The first-order valence-electron chi connectivity index (χ1n) is 11.7. The highest BCUT2D eigenvalue weighted by molar-refractivity contribution is 6.31. The third kappa shape index (κ3) is 4.05. The predicted molar refractivity (Wildman–Crippen MR) is 119 cm³/mol. The van der Waals surface area contributed by atoms with E-state index in [9.17, 15) is 9.59 Å². The van der Waals surface area contributed by atoms with Crippen molar-refractivity contribution in [1.82, 2.24) is 14.7 Å². The number of methoxy groups -OCH3 is 1. The Balaban J connectivity index is 1.21. The van der Waals surface area contributed by atoms with Gasteiger partial charge in [0.2, 0.25) is 5.91 Å². The molecule has 0 N–H and O–H groups in total. The zero-order chi connectivity index (χ0) is 21.5. The maximum atomic E-state index is 13.1. The lowest BCUT2D eigenvalue weighted by molar-refractivity contribution is -0.145. The van der Waals surface area contributed by atoms with E-state index in [-0.39, 0.29) is 5.91 Å². The van der Waals surface area contributed by atoms with Crippen molar-refractivity contribution >= 4 is 23.4 Å². The number of rotatable bonds is 3. The second-order valence-corrected chi connectivity index (χ2v) is 10.1. The molecule has 4 aliphatic rings. The van der Waals surface area contributed by atoms with Crippen molar-refractivity contribution in [3.8, 4) is 5.75 Å². The Hall–Kier alpha value is -1.79. The predicted octanol–water partition coefficient (Wildman–Crippen LogP) is 3.29. The maximum Gasteiger partial charge on any atom is 0.257 e. The van der Waals surface area contributed by atoms with E-state index in [0.717, 1.165) is 58.4 Å². The van der Waals surface area contributed by atoms with Gasteiger partial charge in [0.15, 0.2) is 0 Å². The first-order chi connectivity index (χ1) is 15.0. The van der Waals surface area contributed by atoms with Crippen molar-refractivity contribution in [2.45, 2.75) is 50.6 Å². The second-order valence-electron chi connectivity index (χ2n) is 9.69. The smallest absolute Gasteiger partial charge is 0.257 e. The summed E-state index contributed by atoms with van der Waals surface area (Å²) in [6.45, 7) is 4.67. The van der Waals surface area contributed by atoms with Crippen molar-refractivity contribution in [1.29, 1.82) is 0 Å². The molecule has 31 heavy (non-hydrogen) atoms. The molecule has 6 nitrogen and oxygen atoms in total. The number of amides is 2. The van der Waals surface area contributed by atoms with E-state index in [4.69, 9.17) is 16.3 Å². The molecule has 168 valence electrons. The van der Waals surface area contributed by atoms with Gasteiger partial charge in [-0.3, -0.25) is 14.5 Å². The fraction of sp³-hybridized carbons (Fsp3) is 0.667. The highest BCUT2D eigenvalue weighted by Gasteiger charge is 2.45. The number of benzene rings is 1. The van der Waals surface area contributed by atoms with Crippen LogP contribution in [0, 0.1) is 11.8 Å². The molecule has 4 heterocycles. The van der Waals surface area contributed by atoms with Gasteiger partial charge in [-0.2, -0.15) is 0 Å². The summed E-state index contributed by atoms with van der Waals surface area (Å²) in [5.74, 6) is 2.18. The molecule has 0 aliphatic carbocycles. The Bertz CT molecular complexity index is 854. The summed E-state index contributed by atoms with van der Waals surface area (Å²) in [6.07, 6.45) is 6.24. The molecule has 2 amide bonds. The van der Waals surface area contributed by atoms with E-state index in [2.05, 4.69) is 9.80 Å². The lowest BCUT2D eigenvalue weighted by atomic mass is 9.75. The van der Waals surface area contributed by atoms with Gasteiger partial charge in [0.05, 0.1) is 12.7 Å². The molecule has 3 atom stereocenters. The Labute approximate surface area is 189 Å². The number of fused-ring (bicyclic) bond motifs is 4. The van der Waals surface area contributed by atoms with Gasteiger partial charge in [-0.25, -0.2) is 0 Å². The van der Waals surface area contributed by atoms with Crippen molar-refractivity contribution in [3.05, 3.63) is 28.8 Å². The maximum absolute atomic E-state index is 13.1. The number of likely N-dealkylation sites (tertiary alicyclic amines) is 2. The summed E-state index contributed by atoms with van der Waals surface area (Å²) in [6, 6.07) is 6.20. The minimum absolute atomic E-state index is 0.00433. The lowest BCUT2D eigenvalue weighted by Gasteiger charge is -2.54. The van der Waals surface area contributed by atoms with E-state index in [1.807, 2.05) is 4.90 Å². The number of carbonyl (C=O) groups excluding carboxylic acids is 2. The summed E-state index contributed by atoms with van der Waals surface area (Å²) in [5, 5.41) is 0.550. The van der Waals surface area contributed by atoms with Gasteiger partial charge in [0, 0.05) is 56.3 Å². The molecule has 0 saturated carbocycles. The van der Waals surface area contributed by atoms with E-state index >= 15 is 0 Å². The van der Waals surface area contributed by atoms with Gasteiger partial charge in [-0.05, 0) is 62.1 Å². The molecule has 0 spiro atoms. The average molecular weight is 446 g/mol. The van der Waals surface area contributed by atoms with Crippen LogP contribution in [0.5, 0.6) is 5.75 Å². The quantitative estimate of drug-likeness (QED) is 0.716. The molecule has 2 unspecified atom stereocenters. The van der Waals surface area contributed by atoms with Gasteiger partial charge >= 0.3 is 0 Å². The van der Waals surface area contributed by atoms with Gasteiger partial charge in [-0.1, -0.05) is 11.6 Å². The Morgan fingerprint density at radius 2 is 1.94 bits per heavy atom. The standard InChI is InChI=1S/C24H32ClN3O3/c1-31-22-6-5-18(25)12-20(22)24(30)26-9-7-19(8-10-26)27-13-16-11-17(15-27)21-3-2-4-23(29)28(21)14-16/h5-6,12,16-17,19,21H,2-4,7-11,13-15H2,1H3/t16?,17?,21-/m1/s1. The van der Waals surface area contributed by atoms with Crippen LogP contribution >= 0.6 is 11.6 Å². The number of carbonyl (C=O) groups is 2. The van der Waals surface area contributed by atoms with Gasteiger partial charge in [0.1, 0.15) is 5.75 Å². The highest BCUT2D eigenvalue weighted by atomic mass is 35.5. The van der Waals surface area contributed by atoms with Crippen LogP contribution in [0.25, 0.3) is 0 Å². The number of halogens is 1. The van der Waals surface area contributed by atoms with Crippen LogP contribution < -0.4 is 4.74 Å². The molecule has 0 aromatic heterocycles. The monoisotopic (exact) mass is 445 g/mol. The molecular formula is C24H32ClN3O3. The second kappa shape index (κ2) is 8.62. The van der Waals surface area contributed by atoms with E-state index < -0.39 is 0 Å². The molecule has 1 aromatic carbocycles. The molecular weight excluding hydrogens is 414 g/mol. The van der Waals surface area contributed by atoms with Crippen LogP contribution in [-0.2, 0) is 4.79 Å². The Morgan fingerprint density at radius 1 is 1.13 bits per heavy atom. The number of hydrogen-bond acceptors (Lipinski definition) is 4. The van der Waals surface area contributed by atoms with Crippen molar-refractivity contribution < 1.29 is 14.3 Å². The van der Waals surface area contributed by atoms with Crippen LogP contribution in [0.4, 0.5) is 0 Å². The fourth-order valence-electron chi connectivity index (χ4n) is 6.40. The van der Waals surface area contributed by atoms with Gasteiger partial charge < -0.3 is 14.5 Å². The molecule has 0 radical (unpaired) electrons. The van der Waals surface area contributed by atoms with Crippen LogP contribution in [0.3, 0.4) is 0 Å². The zero-order valence-corrected chi connectivity index (χ0v) is 19.0. The average Bonchev–Trinajstić information content (AvgIpc) is 2.79. The first kappa shape index (κ1) is 21.1. The minimum atomic E-state index is 0.00433. The lowest BCUT2D eigenvalue weighted by Crippen LogP contribution is -2.62. The summed E-state index contributed by atoms with van der Waals surface area (Å²) in [4.78, 5) is 32.3. The Kier molecular flexibility index (Phi) is 5.86. The molecule has 7 heteroatoms. The summed E-state index contributed by atoms with van der Waals surface area (Å²) >= 11 is 6.13. The zero-order valence-electron chi connectivity index (χ0n) is 18.3. The third-order valence-corrected chi connectivity index (χ3v) is 8.10. The number of piperidine rings is 4. The molecule has 4 fully saturated rings. The van der Waals surface area contributed by atoms with Gasteiger partial charge in [0.25, 0.3) is 5.91 Å². The number of nitrogens with zero attached hydrogens (tertiary/aromatic N) is 3. The van der Waals surface area contributed by atoms with E-state index in [1.165, 1.54) is 12.8 Å². The summed E-state index contributed by atoms with van der Waals surface area (Å²) < 4.78 is 5.38. The molecule has 1 aromatic rings.